The van der Waals surface area contributed by atoms with Gasteiger partial charge in [-0.15, -0.1) is 0 Å². The van der Waals surface area contributed by atoms with E-state index in [1.54, 1.807) is 0 Å². The van der Waals surface area contributed by atoms with Gasteiger partial charge in [-0.1, -0.05) is 13.8 Å². The number of anilines is 2. The summed E-state index contributed by atoms with van der Waals surface area (Å²) in [6.07, 6.45) is 1.97. The maximum Gasteiger partial charge on any atom is 0.225 e. The van der Waals surface area contributed by atoms with Gasteiger partial charge in [0.25, 0.3) is 0 Å². The van der Waals surface area contributed by atoms with Crippen LogP contribution in [-0.2, 0) is 0 Å². The van der Waals surface area contributed by atoms with Crippen molar-refractivity contribution in [1.29, 1.82) is 0 Å². The molecule has 1 rings (SSSR count). The van der Waals surface area contributed by atoms with E-state index >= 15 is 0 Å². The van der Waals surface area contributed by atoms with E-state index < -0.39 is 0 Å². The topological polar surface area (TPSA) is 90.7 Å². The summed E-state index contributed by atoms with van der Waals surface area (Å²) in [4.78, 5) is 11.8. The van der Waals surface area contributed by atoms with Crippen LogP contribution in [0, 0.1) is 0 Å². The van der Waals surface area contributed by atoms with Crippen LogP contribution in [-0.4, -0.2) is 15.0 Å². The van der Waals surface area contributed by atoms with Gasteiger partial charge in [0.15, 0.2) is 0 Å². The average molecular weight is 181 g/mol. The first-order chi connectivity index (χ1) is 6.17. The Morgan fingerprint density at radius 2 is 1.46 bits per heavy atom. The maximum atomic E-state index is 5.46. The Labute approximate surface area is 77.6 Å². The summed E-state index contributed by atoms with van der Waals surface area (Å²) in [5.74, 6) is 1.44. The zero-order chi connectivity index (χ0) is 9.84. The Balaban J connectivity index is 2.99. The summed E-state index contributed by atoms with van der Waals surface area (Å²) in [7, 11) is 0. The van der Waals surface area contributed by atoms with Crippen LogP contribution in [0.15, 0.2) is 0 Å². The molecule has 1 heterocycles. The molecule has 5 nitrogen and oxygen atoms in total. The fourth-order valence-corrected chi connectivity index (χ4v) is 1.26. The van der Waals surface area contributed by atoms with Crippen LogP contribution in [0.3, 0.4) is 0 Å². The van der Waals surface area contributed by atoms with Gasteiger partial charge in [0.1, 0.15) is 5.82 Å². The van der Waals surface area contributed by atoms with Crippen LogP contribution < -0.4 is 11.5 Å². The van der Waals surface area contributed by atoms with E-state index in [1.807, 2.05) is 0 Å². The first kappa shape index (κ1) is 9.70. The molecule has 1 aromatic rings. The largest absolute Gasteiger partial charge is 0.368 e. The van der Waals surface area contributed by atoms with Crippen molar-refractivity contribution in [2.75, 3.05) is 11.5 Å². The minimum Gasteiger partial charge on any atom is -0.368 e. The Kier molecular flexibility index (Phi) is 3.00. The molecule has 0 aliphatic heterocycles. The lowest BCUT2D eigenvalue weighted by Crippen LogP contribution is -2.09. The quantitative estimate of drug-likeness (QED) is 0.724. The molecule has 0 atom stereocenters. The second-order valence-corrected chi connectivity index (χ2v) is 2.92. The van der Waals surface area contributed by atoms with Crippen molar-refractivity contribution in [2.45, 2.75) is 32.6 Å². The minimum atomic E-state index is 0.203. The molecule has 13 heavy (non-hydrogen) atoms. The number of nitrogens with zero attached hydrogens (tertiary/aromatic N) is 3. The van der Waals surface area contributed by atoms with Gasteiger partial charge in [-0.3, -0.25) is 0 Å². The molecular formula is C8H15N5. The van der Waals surface area contributed by atoms with Crippen LogP contribution in [0.2, 0.25) is 0 Å². The predicted molar refractivity (Wildman–Crippen MR) is 52.0 cm³/mol. The lowest BCUT2D eigenvalue weighted by atomic mass is 10.0. The van der Waals surface area contributed by atoms with Gasteiger partial charge < -0.3 is 11.5 Å². The summed E-state index contributed by atoms with van der Waals surface area (Å²) in [5, 5.41) is 0. The van der Waals surface area contributed by atoms with E-state index in [-0.39, 0.29) is 11.9 Å². The Bertz CT molecular complexity index is 262. The second-order valence-electron chi connectivity index (χ2n) is 2.92. The zero-order valence-electron chi connectivity index (χ0n) is 7.99. The van der Waals surface area contributed by atoms with Gasteiger partial charge >= 0.3 is 0 Å². The molecule has 0 bridgehead atoms. The predicted octanol–water partition coefficient (Wildman–Crippen LogP) is 0.940. The summed E-state index contributed by atoms with van der Waals surface area (Å²) >= 11 is 0. The Morgan fingerprint density at radius 3 is 1.85 bits per heavy atom. The number of hydrogen-bond acceptors (Lipinski definition) is 5. The number of nitrogen functional groups attached to an aromatic ring is 2. The van der Waals surface area contributed by atoms with Gasteiger partial charge in [0.2, 0.25) is 11.9 Å². The smallest absolute Gasteiger partial charge is 0.225 e. The molecule has 0 saturated carbocycles. The molecule has 0 aliphatic carbocycles. The van der Waals surface area contributed by atoms with E-state index in [0.717, 1.165) is 12.8 Å². The van der Waals surface area contributed by atoms with Crippen LogP contribution in [0.5, 0.6) is 0 Å². The van der Waals surface area contributed by atoms with Crippen molar-refractivity contribution in [3.05, 3.63) is 5.82 Å². The average Bonchev–Trinajstić information content (AvgIpc) is 2.04. The van der Waals surface area contributed by atoms with E-state index in [2.05, 4.69) is 28.8 Å². The normalized spacial score (nSPS) is 10.7. The van der Waals surface area contributed by atoms with Gasteiger partial charge in [0, 0.05) is 5.92 Å². The highest BCUT2D eigenvalue weighted by molar-refractivity contribution is 5.26. The number of aromatic nitrogens is 3. The molecule has 0 saturated heterocycles. The SMILES string of the molecule is CCC(CC)c1nc(N)nc(N)n1. The molecule has 0 spiro atoms. The van der Waals surface area contributed by atoms with Crippen LogP contribution >= 0.6 is 0 Å². The second kappa shape index (κ2) is 4.02. The van der Waals surface area contributed by atoms with Crippen molar-refractivity contribution in [1.82, 2.24) is 15.0 Å². The van der Waals surface area contributed by atoms with Crippen molar-refractivity contribution in [2.24, 2.45) is 0 Å². The first-order valence-corrected chi connectivity index (χ1v) is 4.44. The molecular weight excluding hydrogens is 166 g/mol. The highest BCUT2D eigenvalue weighted by atomic mass is 15.1. The van der Waals surface area contributed by atoms with Gasteiger partial charge in [-0.05, 0) is 12.8 Å². The molecule has 0 fully saturated rings. The Hall–Kier alpha value is -1.39. The summed E-state index contributed by atoms with van der Waals surface area (Å²) in [6.45, 7) is 4.18. The highest BCUT2D eigenvalue weighted by Gasteiger charge is 2.11. The van der Waals surface area contributed by atoms with E-state index in [0.29, 0.717) is 11.7 Å². The first-order valence-electron chi connectivity index (χ1n) is 4.44. The number of nitrogens with two attached hydrogens (primary N) is 2. The van der Waals surface area contributed by atoms with Gasteiger partial charge in [0.05, 0.1) is 0 Å². The van der Waals surface area contributed by atoms with E-state index in [9.17, 15) is 0 Å². The third kappa shape index (κ3) is 2.27. The van der Waals surface area contributed by atoms with Crippen molar-refractivity contribution in [3.63, 3.8) is 0 Å². The summed E-state index contributed by atoms with van der Waals surface area (Å²) in [5.41, 5.74) is 10.9. The van der Waals surface area contributed by atoms with Crippen molar-refractivity contribution in [3.8, 4) is 0 Å². The summed E-state index contributed by atoms with van der Waals surface area (Å²) < 4.78 is 0. The highest BCUT2D eigenvalue weighted by Crippen LogP contribution is 2.19. The molecule has 0 aromatic carbocycles. The van der Waals surface area contributed by atoms with Crippen molar-refractivity contribution < 1.29 is 0 Å². The molecule has 5 heteroatoms. The zero-order valence-corrected chi connectivity index (χ0v) is 7.99. The molecule has 0 radical (unpaired) electrons. The molecule has 0 amide bonds. The van der Waals surface area contributed by atoms with E-state index in [1.165, 1.54) is 0 Å². The fourth-order valence-electron chi connectivity index (χ4n) is 1.26. The third-order valence-corrected chi connectivity index (χ3v) is 2.04. The molecule has 1 aromatic heterocycles. The van der Waals surface area contributed by atoms with Crippen LogP contribution in [0.4, 0.5) is 11.9 Å². The minimum absolute atomic E-state index is 0.203. The maximum absolute atomic E-state index is 5.46. The molecule has 4 N–H and O–H groups in total. The van der Waals surface area contributed by atoms with Crippen LogP contribution in [0.25, 0.3) is 0 Å². The van der Waals surface area contributed by atoms with E-state index in [4.69, 9.17) is 11.5 Å². The monoisotopic (exact) mass is 181 g/mol. The lowest BCUT2D eigenvalue weighted by molar-refractivity contribution is 0.601. The molecule has 0 unspecified atom stereocenters. The molecule has 72 valence electrons. The fraction of sp³-hybridized carbons (Fsp3) is 0.625. The van der Waals surface area contributed by atoms with Crippen molar-refractivity contribution >= 4 is 11.9 Å². The lowest BCUT2D eigenvalue weighted by Gasteiger charge is -2.10. The van der Waals surface area contributed by atoms with Gasteiger partial charge in [-0.2, -0.15) is 15.0 Å². The Morgan fingerprint density at radius 1 is 1.00 bits per heavy atom. The number of hydrogen-bond donors (Lipinski definition) is 2. The van der Waals surface area contributed by atoms with Crippen LogP contribution in [0.1, 0.15) is 38.4 Å². The standard InChI is InChI=1S/C8H15N5/c1-3-5(4-2)6-11-7(9)13-8(10)12-6/h5H,3-4H2,1-2H3,(H4,9,10,11,12,13). The third-order valence-electron chi connectivity index (χ3n) is 2.04. The number of rotatable bonds is 3. The summed E-state index contributed by atoms with van der Waals surface area (Å²) in [6, 6.07) is 0. The molecule has 0 aliphatic rings. The van der Waals surface area contributed by atoms with Gasteiger partial charge in [-0.25, -0.2) is 0 Å².